The molecule has 0 spiro atoms. The molecule has 6 heteroatoms. The van der Waals surface area contributed by atoms with E-state index in [4.69, 9.17) is 9.47 Å². The monoisotopic (exact) mass is 385 g/mol. The largest absolute Gasteiger partial charge is 0.501 e. The van der Waals surface area contributed by atoms with Crippen molar-refractivity contribution in [2.45, 2.75) is 39.2 Å². The number of aryl methyl sites for hydroxylation is 1. The van der Waals surface area contributed by atoms with E-state index >= 15 is 0 Å². The summed E-state index contributed by atoms with van der Waals surface area (Å²) in [6, 6.07) is 2.80. The molecule has 0 unspecified atom stereocenters. The molecule has 1 heterocycles. The highest BCUT2D eigenvalue weighted by atomic mass is 19.1. The molecule has 2 aromatic rings. The Labute approximate surface area is 163 Å². The van der Waals surface area contributed by atoms with Crippen LogP contribution in [0.1, 0.15) is 38.2 Å². The zero-order chi connectivity index (χ0) is 20.1. The number of pyridine rings is 1. The molecule has 0 N–H and O–H groups in total. The van der Waals surface area contributed by atoms with Gasteiger partial charge in [0.15, 0.2) is 5.43 Å². The van der Waals surface area contributed by atoms with Crippen molar-refractivity contribution in [1.29, 1.82) is 0 Å². The lowest BCUT2D eigenvalue weighted by Gasteiger charge is -2.19. The summed E-state index contributed by atoms with van der Waals surface area (Å²) in [6.07, 6.45) is 8.54. The van der Waals surface area contributed by atoms with Gasteiger partial charge in [-0.05, 0) is 36.6 Å². The van der Waals surface area contributed by atoms with Crippen molar-refractivity contribution >= 4 is 22.8 Å². The number of halogens is 1. The Morgan fingerprint density at radius 3 is 2.71 bits per heavy atom. The maximum absolute atomic E-state index is 14.7. The van der Waals surface area contributed by atoms with Crippen LogP contribution in [0.3, 0.4) is 0 Å². The van der Waals surface area contributed by atoms with Crippen LogP contribution >= 0.6 is 0 Å². The Kier molecular flexibility index (Phi) is 6.29. The Bertz CT molecular complexity index is 1000. The van der Waals surface area contributed by atoms with Crippen LogP contribution in [0.2, 0.25) is 0 Å². The second kappa shape index (κ2) is 8.87. The zero-order valence-corrected chi connectivity index (χ0v) is 16.2. The van der Waals surface area contributed by atoms with E-state index in [1.807, 2.05) is 19.1 Å². The maximum Gasteiger partial charge on any atom is 0.199 e. The minimum atomic E-state index is -0.588. The van der Waals surface area contributed by atoms with Gasteiger partial charge in [0, 0.05) is 31.1 Å². The maximum atomic E-state index is 14.7. The molecule has 0 aliphatic heterocycles. The fourth-order valence-electron chi connectivity index (χ4n) is 3.40. The number of allylic oxidation sites excluding steroid dienone is 4. The standard InChI is InChI=1S/C22H24FNO4/c1-3-13-28-19-10-9-18(23)20-21(19)24(11-4-12-25)14-17(22(20)26)15-5-7-16(27-2)8-6-15/h5,7,9-10,12,14H,3-4,6,8,11,13H2,1-2H3. The second-order valence-electron chi connectivity index (χ2n) is 6.67. The number of carbonyl (C=O) groups is 1. The lowest BCUT2D eigenvalue weighted by atomic mass is 9.96. The second-order valence-corrected chi connectivity index (χ2v) is 6.67. The molecule has 0 fully saturated rings. The van der Waals surface area contributed by atoms with E-state index in [2.05, 4.69) is 0 Å². The summed E-state index contributed by atoms with van der Waals surface area (Å²) in [4.78, 5) is 24.1. The molecular weight excluding hydrogens is 361 g/mol. The highest BCUT2D eigenvalue weighted by Gasteiger charge is 2.20. The number of aromatic nitrogens is 1. The van der Waals surface area contributed by atoms with Gasteiger partial charge in [-0.15, -0.1) is 0 Å². The summed E-state index contributed by atoms with van der Waals surface area (Å²) < 4.78 is 27.5. The summed E-state index contributed by atoms with van der Waals surface area (Å²) in [5.41, 5.74) is 1.30. The first-order valence-corrected chi connectivity index (χ1v) is 9.46. The minimum Gasteiger partial charge on any atom is -0.501 e. The highest BCUT2D eigenvalue weighted by Crippen LogP contribution is 2.31. The number of hydrogen-bond acceptors (Lipinski definition) is 4. The van der Waals surface area contributed by atoms with Gasteiger partial charge in [-0.1, -0.05) is 13.0 Å². The first-order chi connectivity index (χ1) is 13.6. The van der Waals surface area contributed by atoms with Crippen molar-refractivity contribution in [2.24, 2.45) is 0 Å². The van der Waals surface area contributed by atoms with E-state index < -0.39 is 5.82 Å². The van der Waals surface area contributed by atoms with Gasteiger partial charge in [0.25, 0.3) is 0 Å². The molecular formula is C22H24FNO4. The molecule has 1 aliphatic carbocycles. The molecule has 0 saturated heterocycles. The Morgan fingerprint density at radius 2 is 2.07 bits per heavy atom. The molecule has 148 valence electrons. The number of aldehydes is 1. The first-order valence-electron chi connectivity index (χ1n) is 9.46. The van der Waals surface area contributed by atoms with Crippen LogP contribution in [0, 0.1) is 5.82 Å². The number of fused-ring (bicyclic) bond motifs is 1. The van der Waals surface area contributed by atoms with Crippen molar-refractivity contribution in [3.63, 3.8) is 0 Å². The van der Waals surface area contributed by atoms with Gasteiger partial charge in [0.05, 0.1) is 30.4 Å². The topological polar surface area (TPSA) is 57.5 Å². The number of methoxy groups -OCH3 is 1. The third kappa shape index (κ3) is 3.86. The Balaban J connectivity index is 2.25. The molecule has 28 heavy (non-hydrogen) atoms. The van der Waals surface area contributed by atoms with Gasteiger partial charge in [0.1, 0.15) is 17.9 Å². The van der Waals surface area contributed by atoms with Crippen LogP contribution in [0.15, 0.2) is 41.0 Å². The number of nitrogens with zero attached hydrogens (tertiary/aromatic N) is 1. The van der Waals surface area contributed by atoms with E-state index in [1.165, 1.54) is 12.1 Å². The average Bonchev–Trinajstić information content (AvgIpc) is 2.72. The number of ether oxygens (including phenoxy) is 2. The van der Waals surface area contributed by atoms with Crippen molar-refractivity contribution in [3.8, 4) is 5.75 Å². The number of hydrogen-bond donors (Lipinski definition) is 0. The molecule has 0 radical (unpaired) electrons. The minimum absolute atomic E-state index is 0.000537. The molecule has 1 aromatic carbocycles. The van der Waals surface area contributed by atoms with E-state index in [-0.39, 0.29) is 17.2 Å². The van der Waals surface area contributed by atoms with E-state index in [9.17, 15) is 14.0 Å². The van der Waals surface area contributed by atoms with Crippen LogP contribution in [0.25, 0.3) is 16.5 Å². The smallest absolute Gasteiger partial charge is 0.199 e. The lowest BCUT2D eigenvalue weighted by Crippen LogP contribution is -2.18. The molecule has 5 nitrogen and oxygen atoms in total. The number of rotatable bonds is 8. The molecule has 1 aliphatic rings. The Hall–Kier alpha value is -2.89. The van der Waals surface area contributed by atoms with Gasteiger partial charge >= 0.3 is 0 Å². The van der Waals surface area contributed by atoms with Crippen molar-refractivity contribution in [2.75, 3.05) is 13.7 Å². The van der Waals surface area contributed by atoms with Crippen LogP contribution in [-0.4, -0.2) is 24.6 Å². The van der Waals surface area contributed by atoms with Crippen LogP contribution < -0.4 is 10.2 Å². The summed E-state index contributed by atoms with van der Waals surface area (Å²) in [6.45, 7) is 2.77. The van der Waals surface area contributed by atoms with E-state index in [0.29, 0.717) is 42.8 Å². The van der Waals surface area contributed by atoms with E-state index in [0.717, 1.165) is 24.0 Å². The number of benzene rings is 1. The average molecular weight is 385 g/mol. The third-order valence-corrected chi connectivity index (χ3v) is 4.80. The quantitative estimate of drug-likeness (QED) is 0.638. The van der Waals surface area contributed by atoms with Gasteiger partial charge in [0.2, 0.25) is 0 Å². The summed E-state index contributed by atoms with van der Waals surface area (Å²) in [5.74, 6) is 0.703. The summed E-state index contributed by atoms with van der Waals surface area (Å²) in [7, 11) is 1.61. The third-order valence-electron chi connectivity index (χ3n) is 4.80. The SMILES string of the molecule is CCCOc1ccc(F)c2c(=O)c(C3=CC=C(OC)CC3)cn(CCC=O)c12. The van der Waals surface area contributed by atoms with Gasteiger partial charge < -0.3 is 18.8 Å². The van der Waals surface area contributed by atoms with Crippen LogP contribution in [0.4, 0.5) is 4.39 Å². The fourth-order valence-corrected chi connectivity index (χ4v) is 3.40. The zero-order valence-electron chi connectivity index (χ0n) is 16.2. The Morgan fingerprint density at radius 1 is 1.25 bits per heavy atom. The molecule has 1 aromatic heterocycles. The van der Waals surface area contributed by atoms with Gasteiger partial charge in [-0.25, -0.2) is 4.39 Å². The van der Waals surface area contributed by atoms with Crippen LogP contribution in [-0.2, 0) is 16.1 Å². The van der Waals surface area contributed by atoms with Gasteiger partial charge in [-0.2, -0.15) is 0 Å². The molecule has 3 rings (SSSR count). The fraction of sp³-hybridized carbons (Fsp3) is 0.364. The number of carbonyl (C=O) groups excluding carboxylic acids is 1. The predicted octanol–water partition coefficient (Wildman–Crippen LogP) is 4.23. The van der Waals surface area contributed by atoms with Crippen LogP contribution in [0.5, 0.6) is 5.75 Å². The first kappa shape index (κ1) is 19.9. The lowest BCUT2D eigenvalue weighted by molar-refractivity contribution is -0.108. The molecule has 0 atom stereocenters. The predicted molar refractivity (Wildman–Crippen MR) is 107 cm³/mol. The van der Waals surface area contributed by atoms with E-state index in [1.54, 1.807) is 17.9 Å². The van der Waals surface area contributed by atoms with Crippen molar-refractivity contribution in [1.82, 2.24) is 4.57 Å². The van der Waals surface area contributed by atoms with Crippen molar-refractivity contribution in [3.05, 3.63) is 57.8 Å². The summed E-state index contributed by atoms with van der Waals surface area (Å²) in [5, 5.41) is -0.000537. The highest BCUT2D eigenvalue weighted by molar-refractivity contribution is 5.88. The van der Waals surface area contributed by atoms with Gasteiger partial charge in [-0.3, -0.25) is 4.79 Å². The normalized spacial score (nSPS) is 13.8. The summed E-state index contributed by atoms with van der Waals surface area (Å²) >= 11 is 0. The molecule has 0 amide bonds. The molecule has 0 bridgehead atoms. The van der Waals surface area contributed by atoms with Crippen molar-refractivity contribution < 1.29 is 18.7 Å². The molecule has 0 saturated carbocycles.